The summed E-state index contributed by atoms with van der Waals surface area (Å²) in [5.74, 6) is 0.207. The van der Waals surface area contributed by atoms with Gasteiger partial charge in [-0.15, -0.1) is 11.3 Å². The van der Waals surface area contributed by atoms with Gasteiger partial charge in [0.15, 0.2) is 0 Å². The highest BCUT2D eigenvalue weighted by Gasteiger charge is 2.35. The number of rotatable bonds is 3. The zero-order valence-corrected chi connectivity index (χ0v) is 14.2. The monoisotopic (exact) mass is 338 g/mol. The second kappa shape index (κ2) is 5.98. The lowest BCUT2D eigenvalue weighted by molar-refractivity contribution is 0.162. The molecule has 3 rings (SSSR count). The van der Waals surface area contributed by atoms with Gasteiger partial charge in [-0.2, -0.15) is 4.31 Å². The molecule has 0 amide bonds. The van der Waals surface area contributed by atoms with Crippen molar-refractivity contribution < 1.29 is 13.2 Å². The molecule has 5 nitrogen and oxygen atoms in total. The van der Waals surface area contributed by atoms with Crippen molar-refractivity contribution in [3.63, 3.8) is 0 Å². The molecule has 0 aliphatic carbocycles. The fourth-order valence-corrected chi connectivity index (χ4v) is 4.69. The second-order valence-electron chi connectivity index (χ2n) is 5.25. The van der Waals surface area contributed by atoms with Crippen LogP contribution in [0.25, 0.3) is 0 Å². The van der Waals surface area contributed by atoms with Gasteiger partial charge in [0.2, 0.25) is 15.9 Å². The Kier molecular flexibility index (Phi) is 4.20. The molecule has 0 bridgehead atoms. The van der Waals surface area contributed by atoms with Crippen molar-refractivity contribution in [1.29, 1.82) is 0 Å². The third-order valence-electron chi connectivity index (χ3n) is 3.81. The van der Waals surface area contributed by atoms with E-state index in [0.29, 0.717) is 13.1 Å². The van der Waals surface area contributed by atoms with E-state index in [4.69, 9.17) is 4.74 Å². The highest BCUT2D eigenvalue weighted by atomic mass is 32.2. The van der Waals surface area contributed by atoms with Gasteiger partial charge in [0.1, 0.15) is 11.0 Å². The SMILES string of the molecule is CC[C@@H]1CN(Cc2ccsc2C)S(=O)(=O)c2cccnc2O1. The van der Waals surface area contributed by atoms with Crippen LogP contribution in [0.1, 0.15) is 23.8 Å². The Labute approximate surface area is 134 Å². The van der Waals surface area contributed by atoms with E-state index < -0.39 is 10.0 Å². The number of sulfonamides is 1. The molecule has 0 fully saturated rings. The van der Waals surface area contributed by atoms with Crippen LogP contribution in [0.3, 0.4) is 0 Å². The normalized spacial score (nSPS) is 20.9. The molecule has 118 valence electrons. The molecular formula is C15H18N2O3S2. The molecule has 0 N–H and O–H groups in total. The lowest BCUT2D eigenvalue weighted by Crippen LogP contribution is -2.36. The van der Waals surface area contributed by atoms with Crippen molar-refractivity contribution in [3.05, 3.63) is 40.2 Å². The van der Waals surface area contributed by atoms with Gasteiger partial charge in [-0.1, -0.05) is 6.92 Å². The molecule has 7 heteroatoms. The molecule has 0 unspecified atom stereocenters. The minimum absolute atomic E-state index is 0.152. The third-order valence-corrected chi connectivity index (χ3v) is 6.52. The topological polar surface area (TPSA) is 59.5 Å². The van der Waals surface area contributed by atoms with Gasteiger partial charge in [-0.05, 0) is 42.5 Å². The Morgan fingerprint density at radius 1 is 1.45 bits per heavy atom. The molecule has 0 radical (unpaired) electrons. The standard InChI is InChI=1S/C15H18N2O3S2/c1-3-13-10-17(9-12-6-8-21-11(12)2)22(18,19)14-5-4-7-16-15(14)20-13/h4-8,13H,3,9-10H2,1-2H3/t13-/m1/s1. The van der Waals surface area contributed by atoms with Crippen molar-refractivity contribution >= 4 is 21.4 Å². The molecule has 0 spiro atoms. The van der Waals surface area contributed by atoms with Crippen molar-refractivity contribution in [2.24, 2.45) is 0 Å². The van der Waals surface area contributed by atoms with Crippen LogP contribution in [0, 0.1) is 6.92 Å². The Morgan fingerprint density at radius 3 is 2.95 bits per heavy atom. The van der Waals surface area contributed by atoms with Gasteiger partial charge in [-0.3, -0.25) is 0 Å². The van der Waals surface area contributed by atoms with Crippen LogP contribution in [0.2, 0.25) is 0 Å². The largest absolute Gasteiger partial charge is 0.472 e. The lowest BCUT2D eigenvalue weighted by Gasteiger charge is -2.22. The number of nitrogens with zero attached hydrogens (tertiary/aromatic N) is 2. The van der Waals surface area contributed by atoms with Crippen LogP contribution in [-0.2, 0) is 16.6 Å². The number of aryl methyl sites for hydroxylation is 1. The van der Waals surface area contributed by atoms with Crippen LogP contribution in [0.15, 0.2) is 34.7 Å². The van der Waals surface area contributed by atoms with Crippen LogP contribution in [0.5, 0.6) is 5.88 Å². The molecule has 1 aliphatic heterocycles. The van der Waals surface area contributed by atoms with Crippen molar-refractivity contribution in [1.82, 2.24) is 9.29 Å². The van der Waals surface area contributed by atoms with E-state index in [9.17, 15) is 8.42 Å². The van der Waals surface area contributed by atoms with Gasteiger partial charge < -0.3 is 4.74 Å². The second-order valence-corrected chi connectivity index (χ2v) is 8.28. The average Bonchev–Trinajstić information content (AvgIpc) is 2.86. The summed E-state index contributed by atoms with van der Waals surface area (Å²) in [6.45, 7) is 4.70. The Hall–Kier alpha value is -1.44. The highest BCUT2D eigenvalue weighted by Crippen LogP contribution is 2.31. The van der Waals surface area contributed by atoms with Crippen LogP contribution in [-0.4, -0.2) is 30.4 Å². The first-order valence-corrected chi connectivity index (χ1v) is 9.49. The summed E-state index contributed by atoms with van der Waals surface area (Å²) in [6.07, 6.45) is 2.09. The summed E-state index contributed by atoms with van der Waals surface area (Å²) in [4.78, 5) is 5.39. The molecule has 2 aromatic rings. The van der Waals surface area contributed by atoms with Crippen molar-refractivity contribution in [2.45, 2.75) is 37.8 Å². The Balaban J connectivity index is 2.03. The van der Waals surface area contributed by atoms with Gasteiger partial charge in [0.25, 0.3) is 0 Å². The summed E-state index contributed by atoms with van der Waals surface area (Å²) < 4.78 is 33.2. The zero-order chi connectivity index (χ0) is 15.7. The first-order chi connectivity index (χ1) is 10.5. The number of hydrogen-bond acceptors (Lipinski definition) is 5. The summed E-state index contributed by atoms with van der Waals surface area (Å²) in [6, 6.07) is 5.16. The summed E-state index contributed by atoms with van der Waals surface area (Å²) in [7, 11) is -3.60. The molecule has 0 aromatic carbocycles. The van der Waals surface area contributed by atoms with Crippen LogP contribution >= 0.6 is 11.3 Å². The van der Waals surface area contributed by atoms with E-state index in [2.05, 4.69) is 4.98 Å². The average molecular weight is 338 g/mol. The molecule has 1 aliphatic rings. The number of pyridine rings is 1. The number of fused-ring (bicyclic) bond motifs is 1. The van der Waals surface area contributed by atoms with E-state index in [1.165, 1.54) is 4.31 Å². The first-order valence-electron chi connectivity index (χ1n) is 7.17. The summed E-state index contributed by atoms with van der Waals surface area (Å²) in [5.41, 5.74) is 1.04. The van der Waals surface area contributed by atoms with Gasteiger partial charge in [0.05, 0.1) is 6.54 Å². The first kappa shape index (κ1) is 15.5. The molecular weight excluding hydrogens is 320 g/mol. The lowest BCUT2D eigenvalue weighted by atomic mass is 10.2. The van der Waals surface area contributed by atoms with E-state index >= 15 is 0 Å². The minimum atomic E-state index is -3.60. The quantitative estimate of drug-likeness (QED) is 0.863. The molecule has 3 heterocycles. The molecule has 2 aromatic heterocycles. The van der Waals surface area contributed by atoms with E-state index in [1.54, 1.807) is 29.7 Å². The predicted molar refractivity (Wildman–Crippen MR) is 85.6 cm³/mol. The Bertz CT molecular complexity index is 771. The van der Waals surface area contributed by atoms with Gasteiger partial charge in [0, 0.05) is 17.6 Å². The van der Waals surface area contributed by atoms with Crippen LogP contribution < -0.4 is 4.74 Å². The Morgan fingerprint density at radius 2 is 2.27 bits per heavy atom. The van der Waals surface area contributed by atoms with Gasteiger partial charge >= 0.3 is 0 Å². The fourth-order valence-electron chi connectivity index (χ4n) is 2.45. The number of ether oxygens (including phenoxy) is 1. The smallest absolute Gasteiger partial charge is 0.248 e. The third kappa shape index (κ3) is 2.76. The molecule has 1 atom stereocenters. The molecule has 0 saturated heterocycles. The number of hydrogen-bond donors (Lipinski definition) is 0. The number of aromatic nitrogens is 1. The van der Waals surface area contributed by atoms with Crippen molar-refractivity contribution in [2.75, 3.05) is 6.54 Å². The zero-order valence-electron chi connectivity index (χ0n) is 12.5. The molecule has 0 saturated carbocycles. The van der Waals surface area contributed by atoms with E-state index in [0.717, 1.165) is 16.9 Å². The maximum Gasteiger partial charge on any atom is 0.248 e. The number of thiophene rings is 1. The van der Waals surface area contributed by atoms with Gasteiger partial charge in [-0.25, -0.2) is 13.4 Å². The summed E-state index contributed by atoms with van der Waals surface area (Å²) >= 11 is 1.63. The maximum absolute atomic E-state index is 12.9. The fraction of sp³-hybridized carbons (Fsp3) is 0.400. The van der Waals surface area contributed by atoms with Crippen LogP contribution in [0.4, 0.5) is 0 Å². The van der Waals surface area contributed by atoms with Crippen molar-refractivity contribution in [3.8, 4) is 5.88 Å². The maximum atomic E-state index is 12.9. The van der Waals surface area contributed by atoms with E-state index in [-0.39, 0.29) is 16.9 Å². The van der Waals surface area contributed by atoms with E-state index in [1.807, 2.05) is 25.3 Å². The minimum Gasteiger partial charge on any atom is -0.472 e. The predicted octanol–water partition coefficient (Wildman–Crippen LogP) is 2.81. The highest BCUT2D eigenvalue weighted by molar-refractivity contribution is 7.89. The molecule has 22 heavy (non-hydrogen) atoms. The summed E-state index contributed by atoms with van der Waals surface area (Å²) in [5, 5.41) is 1.98.